The number of rotatable bonds is 3. The van der Waals surface area contributed by atoms with Gasteiger partial charge >= 0.3 is 6.03 Å². The van der Waals surface area contributed by atoms with Gasteiger partial charge in [-0.1, -0.05) is 6.07 Å². The van der Waals surface area contributed by atoms with E-state index in [1.54, 1.807) is 0 Å². The molecular weight excluding hydrogens is 256 g/mol. The van der Waals surface area contributed by atoms with Crippen molar-refractivity contribution in [3.8, 4) is 0 Å². The molecule has 1 saturated heterocycles. The van der Waals surface area contributed by atoms with Crippen LogP contribution >= 0.6 is 0 Å². The first-order chi connectivity index (χ1) is 8.92. The van der Waals surface area contributed by atoms with Gasteiger partial charge in [0.15, 0.2) is 5.54 Å². The molecule has 1 aromatic rings. The minimum atomic E-state index is -1.56. The topological polar surface area (TPSA) is 75.4 Å². The Morgan fingerprint density at radius 3 is 2.53 bits per heavy atom. The van der Waals surface area contributed by atoms with Gasteiger partial charge < -0.3 is 11.1 Å². The Morgan fingerprint density at radius 1 is 1.37 bits per heavy atom. The quantitative estimate of drug-likeness (QED) is 0.793. The average Bonchev–Trinajstić information content (AvgIpc) is 2.55. The number of nitrogens with two attached hydrogens (primary N) is 1. The van der Waals surface area contributed by atoms with E-state index >= 15 is 0 Å². The Hall–Kier alpha value is -2.02. The van der Waals surface area contributed by atoms with Crippen molar-refractivity contribution in [2.75, 3.05) is 13.6 Å². The molecule has 0 saturated carbocycles. The van der Waals surface area contributed by atoms with Gasteiger partial charge in [-0.05, 0) is 19.0 Å². The van der Waals surface area contributed by atoms with Crippen LogP contribution in [0.5, 0.6) is 0 Å². The molecule has 7 heteroatoms. The molecule has 3 N–H and O–H groups in total. The second kappa shape index (κ2) is 4.58. The molecule has 0 bridgehead atoms. The zero-order valence-electron chi connectivity index (χ0n) is 10.2. The number of likely N-dealkylation sites (N-methyl/N-ethyl adjacent to an activating group) is 1. The Kier molecular flexibility index (Phi) is 3.23. The largest absolute Gasteiger partial charge is 0.330 e. The second-order valence-corrected chi connectivity index (χ2v) is 4.36. The molecule has 0 spiro atoms. The summed E-state index contributed by atoms with van der Waals surface area (Å²) in [5.74, 6) is -2.25. The molecule has 0 aliphatic carbocycles. The fourth-order valence-electron chi connectivity index (χ4n) is 2.24. The van der Waals surface area contributed by atoms with Crippen LogP contribution in [0.3, 0.4) is 0 Å². The van der Waals surface area contributed by atoms with Crippen LogP contribution in [0.1, 0.15) is 12.0 Å². The molecule has 1 aliphatic heterocycles. The number of hydrogen-bond donors (Lipinski definition) is 2. The van der Waals surface area contributed by atoms with Gasteiger partial charge in [0.05, 0.1) is 0 Å². The monoisotopic (exact) mass is 269 g/mol. The summed E-state index contributed by atoms with van der Waals surface area (Å²) >= 11 is 0. The number of carbonyl (C=O) groups is 2. The highest BCUT2D eigenvalue weighted by molar-refractivity contribution is 6.07. The highest BCUT2D eigenvalue weighted by Gasteiger charge is 2.51. The van der Waals surface area contributed by atoms with Crippen molar-refractivity contribution in [3.05, 3.63) is 35.4 Å². The van der Waals surface area contributed by atoms with Crippen LogP contribution in [0.25, 0.3) is 0 Å². The lowest BCUT2D eigenvalue weighted by atomic mass is 9.86. The van der Waals surface area contributed by atoms with Crippen molar-refractivity contribution >= 4 is 11.9 Å². The minimum Gasteiger partial charge on any atom is -0.330 e. The Bertz CT molecular complexity index is 550. The molecule has 1 atom stereocenters. The number of amides is 3. The normalized spacial score (nSPS) is 22.8. The first-order valence-corrected chi connectivity index (χ1v) is 5.68. The van der Waals surface area contributed by atoms with Gasteiger partial charge in [0.2, 0.25) is 0 Å². The van der Waals surface area contributed by atoms with Gasteiger partial charge in [-0.25, -0.2) is 13.6 Å². The second-order valence-electron chi connectivity index (χ2n) is 4.36. The van der Waals surface area contributed by atoms with E-state index in [-0.39, 0.29) is 18.5 Å². The van der Waals surface area contributed by atoms with Gasteiger partial charge in [0.25, 0.3) is 5.91 Å². The standard InChI is InChI=1S/C12H13F2N3O2/c1-17-10(18)12(4-5-15,16-11(17)19)8-3-2-7(13)6-9(8)14/h2-3,6H,4-5,15H2,1H3,(H,16,19). The lowest BCUT2D eigenvalue weighted by Crippen LogP contribution is -2.46. The smallest absolute Gasteiger partial charge is 0.325 e. The summed E-state index contributed by atoms with van der Waals surface area (Å²) in [5.41, 5.74) is 3.81. The maximum absolute atomic E-state index is 13.9. The van der Waals surface area contributed by atoms with Crippen molar-refractivity contribution in [1.82, 2.24) is 10.2 Å². The number of benzene rings is 1. The summed E-state index contributed by atoms with van der Waals surface area (Å²) in [4.78, 5) is 24.6. The van der Waals surface area contributed by atoms with Crippen molar-refractivity contribution in [2.24, 2.45) is 5.73 Å². The number of halogens is 2. The SMILES string of the molecule is CN1C(=O)NC(CCN)(c2ccc(F)cc2F)C1=O. The number of nitrogens with zero attached hydrogens (tertiary/aromatic N) is 1. The van der Waals surface area contributed by atoms with Crippen LogP contribution in [-0.4, -0.2) is 30.4 Å². The predicted molar refractivity (Wildman–Crippen MR) is 63.0 cm³/mol. The number of urea groups is 1. The van der Waals surface area contributed by atoms with Crippen LogP contribution < -0.4 is 11.1 Å². The van der Waals surface area contributed by atoms with Gasteiger partial charge in [-0.3, -0.25) is 9.69 Å². The predicted octanol–water partition coefficient (Wildman–Crippen LogP) is 0.690. The van der Waals surface area contributed by atoms with Crippen molar-refractivity contribution in [3.63, 3.8) is 0 Å². The van der Waals surface area contributed by atoms with E-state index in [9.17, 15) is 18.4 Å². The van der Waals surface area contributed by atoms with Gasteiger partial charge in [-0.2, -0.15) is 0 Å². The number of carbonyl (C=O) groups excluding carboxylic acids is 2. The summed E-state index contributed by atoms with van der Waals surface area (Å²) in [5, 5.41) is 2.44. The van der Waals surface area contributed by atoms with E-state index in [1.165, 1.54) is 7.05 Å². The van der Waals surface area contributed by atoms with E-state index < -0.39 is 29.1 Å². The van der Waals surface area contributed by atoms with Crippen molar-refractivity contribution < 1.29 is 18.4 Å². The molecule has 1 unspecified atom stereocenters. The van der Waals surface area contributed by atoms with E-state index in [4.69, 9.17) is 5.73 Å². The van der Waals surface area contributed by atoms with Crippen molar-refractivity contribution in [1.29, 1.82) is 0 Å². The van der Waals surface area contributed by atoms with E-state index in [0.29, 0.717) is 6.07 Å². The number of imide groups is 1. The van der Waals surface area contributed by atoms with Crippen LogP contribution in [0, 0.1) is 11.6 Å². The summed E-state index contributed by atoms with van der Waals surface area (Å²) < 4.78 is 26.8. The molecule has 0 radical (unpaired) electrons. The van der Waals surface area contributed by atoms with Gasteiger partial charge in [-0.15, -0.1) is 0 Å². The van der Waals surface area contributed by atoms with E-state index in [1.807, 2.05) is 0 Å². The zero-order valence-corrected chi connectivity index (χ0v) is 10.2. The third-order valence-corrected chi connectivity index (χ3v) is 3.20. The molecule has 102 valence electrons. The van der Waals surface area contributed by atoms with Crippen LogP contribution in [0.4, 0.5) is 13.6 Å². The van der Waals surface area contributed by atoms with E-state index in [0.717, 1.165) is 17.0 Å². The molecule has 2 rings (SSSR count). The van der Waals surface area contributed by atoms with Crippen LogP contribution in [0.15, 0.2) is 18.2 Å². The van der Waals surface area contributed by atoms with Gasteiger partial charge in [0.1, 0.15) is 11.6 Å². The number of hydrogen-bond acceptors (Lipinski definition) is 3. The highest BCUT2D eigenvalue weighted by atomic mass is 19.1. The Labute approximate surface area is 108 Å². The summed E-state index contributed by atoms with van der Waals surface area (Å²) in [6.07, 6.45) is 0.0322. The molecular formula is C12H13F2N3O2. The molecule has 5 nitrogen and oxygen atoms in total. The molecule has 1 aromatic carbocycles. The summed E-state index contributed by atoms with van der Waals surface area (Å²) in [7, 11) is 1.29. The third-order valence-electron chi connectivity index (χ3n) is 3.20. The molecule has 3 amide bonds. The zero-order chi connectivity index (χ0) is 14.2. The van der Waals surface area contributed by atoms with Gasteiger partial charge in [0, 0.05) is 18.7 Å². The molecule has 1 fully saturated rings. The fourth-order valence-corrected chi connectivity index (χ4v) is 2.24. The number of nitrogens with one attached hydrogen (secondary N) is 1. The highest BCUT2D eigenvalue weighted by Crippen LogP contribution is 2.33. The minimum absolute atomic E-state index is 0.0322. The van der Waals surface area contributed by atoms with Crippen LogP contribution in [0.2, 0.25) is 0 Å². The molecule has 19 heavy (non-hydrogen) atoms. The lowest BCUT2D eigenvalue weighted by Gasteiger charge is -2.26. The first-order valence-electron chi connectivity index (χ1n) is 5.68. The van der Waals surface area contributed by atoms with E-state index in [2.05, 4.69) is 5.32 Å². The molecule has 0 aromatic heterocycles. The summed E-state index contributed by atoms with van der Waals surface area (Å²) in [6.45, 7) is 0.0661. The van der Waals surface area contributed by atoms with Crippen molar-refractivity contribution in [2.45, 2.75) is 12.0 Å². The first kappa shape index (κ1) is 13.4. The molecule has 1 aliphatic rings. The average molecular weight is 269 g/mol. The Balaban J connectivity index is 2.57. The maximum Gasteiger partial charge on any atom is 0.325 e. The van der Waals surface area contributed by atoms with Crippen LogP contribution in [-0.2, 0) is 10.3 Å². The summed E-state index contributed by atoms with van der Waals surface area (Å²) in [6, 6.07) is 2.22. The molecule has 1 heterocycles. The maximum atomic E-state index is 13.9. The fraction of sp³-hybridized carbons (Fsp3) is 0.333. The Morgan fingerprint density at radius 2 is 2.05 bits per heavy atom. The third kappa shape index (κ3) is 1.95. The lowest BCUT2D eigenvalue weighted by molar-refractivity contribution is -0.131.